The highest BCUT2D eigenvalue weighted by molar-refractivity contribution is 6.31. The summed E-state index contributed by atoms with van der Waals surface area (Å²) in [5, 5.41) is 6.60. The summed E-state index contributed by atoms with van der Waals surface area (Å²) in [6.07, 6.45) is 6.19. The zero-order valence-electron chi connectivity index (χ0n) is 13.9. The van der Waals surface area contributed by atoms with Crippen molar-refractivity contribution < 1.29 is 9.59 Å². The van der Waals surface area contributed by atoms with E-state index in [2.05, 4.69) is 10.6 Å². The molecule has 2 amide bonds. The van der Waals surface area contributed by atoms with E-state index in [1.165, 1.54) is 12.2 Å². The smallest absolute Gasteiger partial charge is 0.244 e. The molecular formula is C20H18Cl2N2O2. The Balaban J connectivity index is 1.67. The van der Waals surface area contributed by atoms with Gasteiger partial charge in [0.2, 0.25) is 11.8 Å². The molecule has 0 aliphatic carbocycles. The van der Waals surface area contributed by atoms with Gasteiger partial charge in [-0.25, -0.2) is 0 Å². The third kappa shape index (κ3) is 7.55. The van der Waals surface area contributed by atoms with Crippen LogP contribution in [0.1, 0.15) is 11.1 Å². The minimum absolute atomic E-state index is 0.242. The van der Waals surface area contributed by atoms with E-state index in [4.69, 9.17) is 23.2 Å². The SMILES string of the molecule is O=C(C=Cc1cccc(Cl)c1)NCCNC(=O)C=Cc1cccc(Cl)c1. The van der Waals surface area contributed by atoms with Gasteiger partial charge in [-0.2, -0.15) is 0 Å². The van der Waals surface area contributed by atoms with E-state index < -0.39 is 0 Å². The monoisotopic (exact) mass is 388 g/mol. The van der Waals surface area contributed by atoms with Crippen LogP contribution in [0.25, 0.3) is 12.2 Å². The third-order valence-electron chi connectivity index (χ3n) is 3.28. The molecule has 0 fully saturated rings. The molecule has 6 heteroatoms. The quantitative estimate of drug-likeness (QED) is 0.557. The molecule has 2 aromatic rings. The fourth-order valence-corrected chi connectivity index (χ4v) is 2.45. The predicted octanol–water partition coefficient (Wildman–Crippen LogP) is 3.95. The van der Waals surface area contributed by atoms with Crippen molar-refractivity contribution in [2.75, 3.05) is 13.1 Å². The summed E-state index contributed by atoms with van der Waals surface area (Å²) >= 11 is 11.8. The molecule has 2 rings (SSSR count). The second-order valence-corrected chi connectivity index (χ2v) is 6.23. The van der Waals surface area contributed by atoms with Crippen LogP contribution in [0.3, 0.4) is 0 Å². The van der Waals surface area contributed by atoms with Crippen molar-refractivity contribution >= 4 is 47.2 Å². The van der Waals surface area contributed by atoms with Crippen LogP contribution in [0.5, 0.6) is 0 Å². The molecule has 0 unspecified atom stereocenters. The maximum atomic E-state index is 11.7. The van der Waals surface area contributed by atoms with Gasteiger partial charge >= 0.3 is 0 Å². The van der Waals surface area contributed by atoms with Gasteiger partial charge in [0.25, 0.3) is 0 Å². The molecular weight excluding hydrogens is 371 g/mol. The Hall–Kier alpha value is -2.56. The van der Waals surface area contributed by atoms with E-state index in [-0.39, 0.29) is 11.8 Å². The second-order valence-electron chi connectivity index (χ2n) is 5.36. The second kappa shape index (κ2) is 10.4. The van der Waals surface area contributed by atoms with Gasteiger partial charge in [0, 0.05) is 35.3 Å². The number of hydrogen-bond donors (Lipinski definition) is 2. The van der Waals surface area contributed by atoms with Crippen LogP contribution in [0, 0.1) is 0 Å². The van der Waals surface area contributed by atoms with Crippen LogP contribution in [0.4, 0.5) is 0 Å². The fourth-order valence-electron chi connectivity index (χ4n) is 2.05. The maximum Gasteiger partial charge on any atom is 0.244 e. The minimum Gasteiger partial charge on any atom is -0.351 e. The summed E-state index contributed by atoms with van der Waals surface area (Å²) < 4.78 is 0. The Kier molecular flexibility index (Phi) is 7.93. The van der Waals surface area contributed by atoms with Crippen molar-refractivity contribution in [3.05, 3.63) is 81.9 Å². The van der Waals surface area contributed by atoms with Crippen LogP contribution in [0.15, 0.2) is 60.7 Å². The standard InChI is InChI=1S/C20H18Cl2N2O2/c21-17-5-1-3-15(13-17)7-9-19(25)23-11-12-24-20(26)10-8-16-4-2-6-18(22)14-16/h1-10,13-14H,11-12H2,(H,23,25)(H,24,26). The van der Waals surface area contributed by atoms with E-state index in [1.807, 2.05) is 24.3 Å². The van der Waals surface area contributed by atoms with Crippen LogP contribution < -0.4 is 10.6 Å². The van der Waals surface area contributed by atoms with Gasteiger partial charge in [0.1, 0.15) is 0 Å². The molecule has 26 heavy (non-hydrogen) atoms. The van der Waals surface area contributed by atoms with Crippen molar-refractivity contribution in [3.8, 4) is 0 Å². The Morgan fingerprint density at radius 3 is 1.58 bits per heavy atom. The molecule has 0 saturated heterocycles. The first-order valence-corrected chi connectivity index (χ1v) is 8.71. The maximum absolute atomic E-state index is 11.7. The lowest BCUT2D eigenvalue weighted by molar-refractivity contribution is -0.118. The lowest BCUT2D eigenvalue weighted by Gasteiger charge is -2.03. The Bertz CT molecular complexity index is 763. The summed E-state index contributed by atoms with van der Waals surface area (Å²) in [5.41, 5.74) is 1.68. The first-order valence-electron chi connectivity index (χ1n) is 7.96. The number of halogens is 2. The Morgan fingerprint density at radius 1 is 0.769 bits per heavy atom. The molecule has 0 heterocycles. The summed E-state index contributed by atoms with van der Waals surface area (Å²) in [7, 11) is 0. The Morgan fingerprint density at radius 2 is 1.19 bits per heavy atom. The molecule has 2 aromatic carbocycles. The normalized spacial score (nSPS) is 11.0. The molecule has 0 bridgehead atoms. The number of benzene rings is 2. The van der Waals surface area contributed by atoms with Crippen molar-refractivity contribution in [1.29, 1.82) is 0 Å². The summed E-state index contributed by atoms with van der Waals surface area (Å²) in [6, 6.07) is 14.4. The van der Waals surface area contributed by atoms with E-state index in [0.717, 1.165) is 11.1 Å². The lowest BCUT2D eigenvalue weighted by Crippen LogP contribution is -2.33. The van der Waals surface area contributed by atoms with Crippen molar-refractivity contribution in [3.63, 3.8) is 0 Å². The lowest BCUT2D eigenvalue weighted by atomic mass is 10.2. The predicted molar refractivity (Wildman–Crippen MR) is 107 cm³/mol. The molecule has 0 radical (unpaired) electrons. The van der Waals surface area contributed by atoms with Gasteiger partial charge in [-0.3, -0.25) is 9.59 Å². The van der Waals surface area contributed by atoms with Crippen molar-refractivity contribution in [2.24, 2.45) is 0 Å². The topological polar surface area (TPSA) is 58.2 Å². The third-order valence-corrected chi connectivity index (χ3v) is 3.75. The molecule has 134 valence electrons. The summed E-state index contributed by atoms with van der Waals surface area (Å²) in [4.78, 5) is 23.4. The van der Waals surface area contributed by atoms with Gasteiger partial charge < -0.3 is 10.6 Å². The van der Waals surface area contributed by atoms with Crippen LogP contribution in [0.2, 0.25) is 10.0 Å². The minimum atomic E-state index is -0.242. The number of rotatable bonds is 7. The Labute approximate surface area is 162 Å². The zero-order valence-corrected chi connectivity index (χ0v) is 15.4. The first kappa shape index (κ1) is 19.8. The summed E-state index contributed by atoms with van der Waals surface area (Å²) in [5.74, 6) is -0.484. The summed E-state index contributed by atoms with van der Waals surface area (Å²) in [6.45, 7) is 0.658. The number of carbonyl (C=O) groups is 2. The van der Waals surface area contributed by atoms with E-state index in [0.29, 0.717) is 23.1 Å². The van der Waals surface area contributed by atoms with E-state index in [9.17, 15) is 9.59 Å². The molecule has 2 N–H and O–H groups in total. The van der Waals surface area contributed by atoms with Gasteiger partial charge in [-0.05, 0) is 47.5 Å². The largest absolute Gasteiger partial charge is 0.351 e. The first-order chi connectivity index (χ1) is 12.5. The molecule has 0 saturated carbocycles. The number of carbonyl (C=O) groups excluding carboxylic acids is 2. The number of amides is 2. The van der Waals surface area contributed by atoms with Crippen molar-refractivity contribution in [1.82, 2.24) is 10.6 Å². The van der Waals surface area contributed by atoms with Gasteiger partial charge in [-0.1, -0.05) is 47.5 Å². The zero-order chi connectivity index (χ0) is 18.8. The van der Waals surface area contributed by atoms with E-state index in [1.54, 1.807) is 36.4 Å². The molecule has 4 nitrogen and oxygen atoms in total. The van der Waals surface area contributed by atoms with Crippen LogP contribution in [-0.2, 0) is 9.59 Å². The highest BCUT2D eigenvalue weighted by Gasteiger charge is 1.98. The van der Waals surface area contributed by atoms with E-state index >= 15 is 0 Å². The molecule has 0 aliphatic rings. The van der Waals surface area contributed by atoms with Crippen LogP contribution in [-0.4, -0.2) is 24.9 Å². The van der Waals surface area contributed by atoms with Gasteiger partial charge in [0.05, 0.1) is 0 Å². The average molecular weight is 389 g/mol. The molecule has 0 spiro atoms. The molecule has 0 aromatic heterocycles. The van der Waals surface area contributed by atoms with Crippen LogP contribution >= 0.6 is 23.2 Å². The fraction of sp³-hybridized carbons (Fsp3) is 0.100. The number of nitrogens with one attached hydrogen (secondary N) is 2. The van der Waals surface area contributed by atoms with Gasteiger partial charge in [0.15, 0.2) is 0 Å². The molecule has 0 atom stereocenters. The van der Waals surface area contributed by atoms with Gasteiger partial charge in [-0.15, -0.1) is 0 Å². The highest BCUT2D eigenvalue weighted by atomic mass is 35.5. The molecule has 0 aliphatic heterocycles. The average Bonchev–Trinajstić information content (AvgIpc) is 2.62. The number of hydrogen-bond acceptors (Lipinski definition) is 2. The highest BCUT2D eigenvalue weighted by Crippen LogP contribution is 2.12. The van der Waals surface area contributed by atoms with Crippen molar-refractivity contribution in [2.45, 2.75) is 0 Å².